The monoisotopic (exact) mass is 203 g/mol. The molecule has 0 spiro atoms. The van der Waals surface area contributed by atoms with Gasteiger partial charge in [0, 0.05) is 6.54 Å². The first-order valence-corrected chi connectivity index (χ1v) is 5.57. The van der Waals surface area contributed by atoms with Gasteiger partial charge >= 0.3 is 0 Å². The molecule has 0 aliphatic rings. The summed E-state index contributed by atoms with van der Waals surface area (Å²) >= 11 is 1.73. The molecule has 0 saturated carbocycles. The lowest BCUT2D eigenvalue weighted by atomic mass is 10.0. The molecule has 1 heterocycles. The van der Waals surface area contributed by atoms with Crippen molar-refractivity contribution >= 4 is 11.3 Å². The molecule has 1 nitrogen and oxygen atoms in total. The van der Waals surface area contributed by atoms with Crippen molar-refractivity contribution in [1.29, 1.82) is 0 Å². The Morgan fingerprint density at radius 2 is 2.14 bits per heavy atom. The molecule has 0 saturated heterocycles. The molecule has 72 valence electrons. The van der Waals surface area contributed by atoms with E-state index in [9.17, 15) is 0 Å². The molecule has 0 aliphatic carbocycles. The summed E-state index contributed by atoms with van der Waals surface area (Å²) in [6.07, 6.45) is 0. The standard InChI is InChI=1S/C12H13NS/c1-9-2-3-10(7-13)6-12(9)11-4-5-14-8-11/h2-6,8H,7,13H2,1H3. The number of aryl methyl sites for hydroxylation is 1. The first kappa shape index (κ1) is 9.44. The predicted octanol–water partition coefficient (Wildman–Crippen LogP) is 3.18. The van der Waals surface area contributed by atoms with E-state index in [4.69, 9.17) is 5.73 Å². The lowest BCUT2D eigenvalue weighted by Crippen LogP contribution is -1.96. The fourth-order valence-corrected chi connectivity index (χ4v) is 2.18. The first-order valence-electron chi connectivity index (χ1n) is 4.63. The highest BCUT2D eigenvalue weighted by atomic mass is 32.1. The van der Waals surface area contributed by atoms with E-state index in [0.29, 0.717) is 6.54 Å². The van der Waals surface area contributed by atoms with Crippen molar-refractivity contribution in [2.45, 2.75) is 13.5 Å². The van der Waals surface area contributed by atoms with Gasteiger partial charge in [0.05, 0.1) is 0 Å². The molecular formula is C12H13NS. The maximum absolute atomic E-state index is 5.62. The van der Waals surface area contributed by atoms with Gasteiger partial charge in [-0.2, -0.15) is 11.3 Å². The quantitative estimate of drug-likeness (QED) is 0.797. The van der Waals surface area contributed by atoms with Crippen LogP contribution in [0, 0.1) is 6.92 Å². The average molecular weight is 203 g/mol. The lowest BCUT2D eigenvalue weighted by molar-refractivity contribution is 1.07. The Morgan fingerprint density at radius 1 is 1.29 bits per heavy atom. The Labute approximate surface area is 88.2 Å². The van der Waals surface area contributed by atoms with E-state index in [2.05, 4.69) is 41.9 Å². The molecule has 0 bridgehead atoms. The van der Waals surface area contributed by atoms with Gasteiger partial charge in [0.15, 0.2) is 0 Å². The van der Waals surface area contributed by atoms with Crippen molar-refractivity contribution < 1.29 is 0 Å². The van der Waals surface area contributed by atoms with Gasteiger partial charge in [-0.3, -0.25) is 0 Å². The molecule has 1 aromatic carbocycles. The molecule has 2 aromatic rings. The molecule has 0 amide bonds. The van der Waals surface area contributed by atoms with E-state index in [1.165, 1.54) is 22.3 Å². The molecule has 2 heteroatoms. The van der Waals surface area contributed by atoms with Gasteiger partial charge in [0.2, 0.25) is 0 Å². The summed E-state index contributed by atoms with van der Waals surface area (Å²) in [7, 11) is 0. The van der Waals surface area contributed by atoms with E-state index >= 15 is 0 Å². The summed E-state index contributed by atoms with van der Waals surface area (Å²) in [4.78, 5) is 0. The SMILES string of the molecule is Cc1ccc(CN)cc1-c1ccsc1. The zero-order valence-electron chi connectivity index (χ0n) is 8.16. The van der Waals surface area contributed by atoms with Crippen LogP contribution in [0.15, 0.2) is 35.0 Å². The van der Waals surface area contributed by atoms with Crippen LogP contribution >= 0.6 is 11.3 Å². The molecule has 0 radical (unpaired) electrons. The van der Waals surface area contributed by atoms with Crippen molar-refractivity contribution in [3.05, 3.63) is 46.2 Å². The maximum atomic E-state index is 5.62. The number of hydrogen-bond donors (Lipinski definition) is 1. The van der Waals surface area contributed by atoms with Crippen molar-refractivity contribution in [2.75, 3.05) is 0 Å². The molecule has 0 aliphatic heterocycles. The third kappa shape index (κ3) is 1.72. The van der Waals surface area contributed by atoms with Gasteiger partial charge in [0.1, 0.15) is 0 Å². The fraction of sp³-hybridized carbons (Fsp3) is 0.167. The molecule has 1 aromatic heterocycles. The highest BCUT2D eigenvalue weighted by Gasteiger charge is 2.02. The number of benzene rings is 1. The minimum Gasteiger partial charge on any atom is -0.326 e. The van der Waals surface area contributed by atoms with Crippen LogP contribution in [-0.2, 0) is 6.54 Å². The highest BCUT2D eigenvalue weighted by molar-refractivity contribution is 7.08. The molecule has 0 atom stereocenters. The summed E-state index contributed by atoms with van der Waals surface area (Å²) in [6, 6.07) is 8.55. The van der Waals surface area contributed by atoms with Crippen LogP contribution in [0.5, 0.6) is 0 Å². The molecule has 0 unspecified atom stereocenters. The van der Waals surface area contributed by atoms with Gasteiger partial charge in [-0.1, -0.05) is 12.1 Å². The van der Waals surface area contributed by atoms with E-state index < -0.39 is 0 Å². The fourth-order valence-electron chi connectivity index (χ4n) is 1.52. The van der Waals surface area contributed by atoms with Crippen molar-refractivity contribution in [3.8, 4) is 11.1 Å². The van der Waals surface area contributed by atoms with Gasteiger partial charge in [-0.05, 0) is 52.1 Å². The van der Waals surface area contributed by atoms with Crippen molar-refractivity contribution in [2.24, 2.45) is 5.73 Å². The van der Waals surface area contributed by atoms with Crippen LogP contribution in [0.2, 0.25) is 0 Å². The number of nitrogens with two attached hydrogens (primary N) is 1. The van der Waals surface area contributed by atoms with Crippen LogP contribution in [0.4, 0.5) is 0 Å². The second-order valence-corrected chi connectivity index (χ2v) is 4.15. The first-order chi connectivity index (χ1) is 6.81. The average Bonchev–Trinajstić information content (AvgIpc) is 2.71. The third-order valence-corrected chi connectivity index (χ3v) is 3.05. The topological polar surface area (TPSA) is 26.0 Å². The summed E-state index contributed by atoms with van der Waals surface area (Å²) in [6.45, 7) is 2.74. The Morgan fingerprint density at radius 3 is 2.79 bits per heavy atom. The third-order valence-electron chi connectivity index (χ3n) is 2.37. The highest BCUT2D eigenvalue weighted by Crippen LogP contribution is 2.26. The summed E-state index contributed by atoms with van der Waals surface area (Å²) in [5.41, 5.74) is 10.7. The van der Waals surface area contributed by atoms with Crippen LogP contribution < -0.4 is 5.73 Å². The Kier molecular flexibility index (Phi) is 2.66. The minimum atomic E-state index is 0.609. The van der Waals surface area contributed by atoms with E-state index in [1.807, 2.05) is 0 Å². The summed E-state index contributed by atoms with van der Waals surface area (Å²) in [5, 5.41) is 4.27. The molecule has 2 N–H and O–H groups in total. The summed E-state index contributed by atoms with van der Waals surface area (Å²) in [5.74, 6) is 0. The van der Waals surface area contributed by atoms with Gasteiger partial charge in [-0.25, -0.2) is 0 Å². The minimum absolute atomic E-state index is 0.609. The second kappa shape index (κ2) is 3.95. The molecule has 2 rings (SSSR count). The van der Waals surface area contributed by atoms with Crippen LogP contribution in [0.1, 0.15) is 11.1 Å². The molecular weight excluding hydrogens is 190 g/mol. The molecule has 0 fully saturated rings. The number of thiophene rings is 1. The normalized spacial score (nSPS) is 10.4. The Bertz CT molecular complexity index is 418. The van der Waals surface area contributed by atoms with Gasteiger partial charge in [-0.15, -0.1) is 0 Å². The van der Waals surface area contributed by atoms with Gasteiger partial charge < -0.3 is 5.73 Å². The van der Waals surface area contributed by atoms with E-state index in [-0.39, 0.29) is 0 Å². The van der Waals surface area contributed by atoms with Crippen molar-refractivity contribution in [1.82, 2.24) is 0 Å². The van der Waals surface area contributed by atoms with Gasteiger partial charge in [0.25, 0.3) is 0 Å². The number of hydrogen-bond acceptors (Lipinski definition) is 2. The predicted molar refractivity (Wildman–Crippen MR) is 62.4 cm³/mol. The number of rotatable bonds is 2. The van der Waals surface area contributed by atoms with Crippen LogP contribution in [0.25, 0.3) is 11.1 Å². The zero-order chi connectivity index (χ0) is 9.97. The smallest absolute Gasteiger partial charge is 0.0178 e. The molecule has 14 heavy (non-hydrogen) atoms. The Hall–Kier alpha value is -1.12. The zero-order valence-corrected chi connectivity index (χ0v) is 8.97. The maximum Gasteiger partial charge on any atom is 0.0178 e. The van der Waals surface area contributed by atoms with E-state index in [0.717, 1.165) is 0 Å². The largest absolute Gasteiger partial charge is 0.326 e. The van der Waals surface area contributed by atoms with Crippen LogP contribution in [0.3, 0.4) is 0 Å². The van der Waals surface area contributed by atoms with Crippen LogP contribution in [-0.4, -0.2) is 0 Å². The van der Waals surface area contributed by atoms with E-state index in [1.54, 1.807) is 11.3 Å². The lowest BCUT2D eigenvalue weighted by Gasteiger charge is -2.05. The second-order valence-electron chi connectivity index (χ2n) is 3.37. The summed E-state index contributed by atoms with van der Waals surface area (Å²) < 4.78 is 0. The Balaban J connectivity index is 2.51. The van der Waals surface area contributed by atoms with Crippen molar-refractivity contribution in [3.63, 3.8) is 0 Å².